The summed E-state index contributed by atoms with van der Waals surface area (Å²) in [7, 11) is 0. The number of benzene rings is 1. The lowest BCUT2D eigenvalue weighted by Gasteiger charge is -2.26. The van der Waals surface area contributed by atoms with Gasteiger partial charge in [0.2, 0.25) is 5.91 Å². The fourth-order valence-electron chi connectivity index (χ4n) is 3.28. The van der Waals surface area contributed by atoms with Crippen LogP contribution in [0.25, 0.3) is 0 Å². The second kappa shape index (κ2) is 7.56. The summed E-state index contributed by atoms with van der Waals surface area (Å²) in [5.41, 5.74) is 6.72. The summed E-state index contributed by atoms with van der Waals surface area (Å²) in [6.07, 6.45) is 4.41. The number of allylic oxidation sites excluding steroid dienone is 1. The highest BCUT2D eigenvalue weighted by molar-refractivity contribution is 7.80. The molecule has 2 amide bonds. The Kier molecular flexibility index (Phi) is 5.34. The summed E-state index contributed by atoms with van der Waals surface area (Å²) < 4.78 is 27.2. The Hall–Kier alpha value is -2.98. The molecule has 148 valence electrons. The van der Waals surface area contributed by atoms with E-state index in [1.54, 1.807) is 19.1 Å². The van der Waals surface area contributed by atoms with E-state index in [4.69, 9.17) is 10.5 Å². The van der Waals surface area contributed by atoms with Gasteiger partial charge in [0.25, 0.3) is 5.91 Å². The third kappa shape index (κ3) is 3.69. The Labute approximate surface area is 163 Å². The number of hydrogen-bond donors (Lipinski definition) is 3. The van der Waals surface area contributed by atoms with Gasteiger partial charge in [0.1, 0.15) is 5.37 Å². The van der Waals surface area contributed by atoms with Gasteiger partial charge in [-0.3, -0.25) is 14.4 Å². The van der Waals surface area contributed by atoms with Gasteiger partial charge in [0.15, 0.2) is 16.8 Å². The molecule has 0 aromatic heterocycles. The molecule has 1 aromatic rings. The van der Waals surface area contributed by atoms with Crippen molar-refractivity contribution in [2.24, 2.45) is 5.73 Å². The van der Waals surface area contributed by atoms with Gasteiger partial charge in [0, 0.05) is 19.2 Å². The number of ether oxygens (including phenoxy) is 1. The molecule has 2 aliphatic heterocycles. The number of primary amides is 1. The third-order valence-electron chi connectivity index (χ3n) is 4.49. The zero-order valence-electron chi connectivity index (χ0n) is 15.2. The molecule has 0 fully saturated rings. The molecule has 2 heterocycles. The molecule has 1 aromatic carbocycles. The van der Waals surface area contributed by atoms with Gasteiger partial charge in [-0.2, -0.15) is 0 Å². The van der Waals surface area contributed by atoms with Crippen molar-refractivity contribution < 1.29 is 27.9 Å². The zero-order valence-corrected chi connectivity index (χ0v) is 16.0. The number of carbonyl (C=O) groups is 3. The quantitative estimate of drug-likeness (QED) is 0.294. The van der Waals surface area contributed by atoms with Crippen LogP contribution in [0.4, 0.5) is 5.69 Å². The molecule has 0 radical (unpaired) electrons. The number of esters is 1. The molecule has 3 unspecified atom stereocenters. The van der Waals surface area contributed by atoms with Crippen molar-refractivity contribution in [1.82, 2.24) is 4.90 Å². The molecule has 0 spiro atoms. The van der Waals surface area contributed by atoms with Crippen LogP contribution in [-0.2, 0) is 20.7 Å². The standard InChI is InChI=1S/C18H19N3O6S/c1-9-3-5-12-15(16(9)27-10(2)22)20-17(28(25)26)13-7-11(4-6-14(19)23)8-21(13)18(12)24/h3-6,8,13,17,20H,7H2,1-2H3,(H2,19,23)(H,25,26). The van der Waals surface area contributed by atoms with E-state index in [0.29, 0.717) is 11.1 Å². The molecule has 9 nitrogen and oxygen atoms in total. The lowest BCUT2D eigenvalue weighted by molar-refractivity contribution is -0.131. The second-order valence-corrected chi connectivity index (χ2v) is 7.55. The number of fused-ring (bicyclic) bond motifs is 2. The minimum Gasteiger partial charge on any atom is -0.424 e. The summed E-state index contributed by atoms with van der Waals surface area (Å²) in [6.45, 7) is 2.94. The summed E-state index contributed by atoms with van der Waals surface area (Å²) in [6, 6.07) is 2.52. The lowest BCUT2D eigenvalue weighted by Crippen LogP contribution is -2.44. The highest BCUT2D eigenvalue weighted by atomic mass is 32.2. The molecule has 28 heavy (non-hydrogen) atoms. The van der Waals surface area contributed by atoms with E-state index in [9.17, 15) is 23.1 Å². The first-order valence-electron chi connectivity index (χ1n) is 8.38. The van der Waals surface area contributed by atoms with E-state index in [0.717, 1.165) is 6.08 Å². The Morgan fingerprint density at radius 2 is 2.14 bits per heavy atom. The molecular weight excluding hydrogens is 386 g/mol. The minimum absolute atomic E-state index is 0.146. The summed E-state index contributed by atoms with van der Waals surface area (Å²) >= 11 is -2.35. The van der Waals surface area contributed by atoms with Crippen LogP contribution >= 0.6 is 0 Å². The van der Waals surface area contributed by atoms with Crippen molar-refractivity contribution in [1.29, 1.82) is 0 Å². The maximum Gasteiger partial charge on any atom is 0.308 e. The Morgan fingerprint density at radius 3 is 2.75 bits per heavy atom. The van der Waals surface area contributed by atoms with Crippen LogP contribution in [-0.4, -0.2) is 42.9 Å². The molecule has 2 aliphatic rings. The predicted molar refractivity (Wildman–Crippen MR) is 102 cm³/mol. The number of aryl methyl sites for hydroxylation is 1. The van der Waals surface area contributed by atoms with Crippen molar-refractivity contribution in [3.63, 3.8) is 0 Å². The average Bonchev–Trinajstić information content (AvgIpc) is 2.98. The number of carbonyl (C=O) groups excluding carboxylic acids is 3. The normalized spacial score (nSPS) is 22.0. The van der Waals surface area contributed by atoms with Crippen LogP contribution in [0.3, 0.4) is 0 Å². The number of nitrogens with two attached hydrogens (primary N) is 1. The van der Waals surface area contributed by atoms with Gasteiger partial charge in [-0.15, -0.1) is 0 Å². The number of nitrogens with one attached hydrogen (secondary N) is 1. The van der Waals surface area contributed by atoms with Crippen molar-refractivity contribution in [2.75, 3.05) is 5.32 Å². The second-order valence-electron chi connectivity index (χ2n) is 6.49. The molecule has 0 bridgehead atoms. The van der Waals surface area contributed by atoms with E-state index in [-0.39, 0.29) is 23.4 Å². The first-order valence-corrected chi connectivity index (χ1v) is 9.55. The summed E-state index contributed by atoms with van der Waals surface area (Å²) in [5, 5.41) is 1.88. The smallest absolute Gasteiger partial charge is 0.308 e. The van der Waals surface area contributed by atoms with E-state index < -0.39 is 40.3 Å². The fourth-order valence-corrected chi connectivity index (χ4v) is 3.99. The third-order valence-corrected chi connectivity index (χ3v) is 5.35. The number of amides is 2. The Balaban J connectivity index is 2.11. The SMILES string of the molecule is CC(=O)Oc1c(C)ccc2c1NC(S(=O)O)C1CC(C=CC(N)=O)=CN1C2=O. The first kappa shape index (κ1) is 19.8. The molecule has 0 saturated carbocycles. The number of nitrogens with zero attached hydrogens (tertiary/aromatic N) is 1. The Morgan fingerprint density at radius 1 is 1.43 bits per heavy atom. The van der Waals surface area contributed by atoms with E-state index >= 15 is 0 Å². The van der Waals surface area contributed by atoms with Gasteiger partial charge < -0.3 is 25.2 Å². The monoisotopic (exact) mass is 405 g/mol. The largest absolute Gasteiger partial charge is 0.424 e. The van der Waals surface area contributed by atoms with E-state index in [1.165, 1.54) is 24.1 Å². The van der Waals surface area contributed by atoms with Crippen molar-refractivity contribution in [3.05, 3.63) is 47.2 Å². The van der Waals surface area contributed by atoms with Crippen molar-refractivity contribution >= 4 is 34.6 Å². The van der Waals surface area contributed by atoms with Crippen LogP contribution in [0.5, 0.6) is 5.75 Å². The van der Waals surface area contributed by atoms with Crippen LogP contribution in [0.2, 0.25) is 0 Å². The molecule has 10 heteroatoms. The molecule has 3 atom stereocenters. The highest BCUT2D eigenvalue weighted by Gasteiger charge is 2.42. The first-order chi connectivity index (χ1) is 13.2. The fraction of sp³-hybridized carbons (Fsp3) is 0.278. The van der Waals surface area contributed by atoms with E-state index in [2.05, 4.69) is 5.32 Å². The highest BCUT2D eigenvalue weighted by Crippen LogP contribution is 2.40. The van der Waals surface area contributed by atoms with Gasteiger partial charge in [-0.25, -0.2) is 4.21 Å². The van der Waals surface area contributed by atoms with Gasteiger partial charge in [-0.1, -0.05) is 12.1 Å². The van der Waals surface area contributed by atoms with Gasteiger partial charge >= 0.3 is 5.97 Å². The maximum atomic E-state index is 13.1. The molecule has 3 rings (SSSR count). The molecule has 4 N–H and O–H groups in total. The van der Waals surface area contributed by atoms with Crippen LogP contribution in [0, 0.1) is 6.92 Å². The molecular formula is C18H19N3O6S. The summed E-state index contributed by atoms with van der Waals surface area (Å²) in [4.78, 5) is 36.9. The molecule has 0 aliphatic carbocycles. The van der Waals surface area contributed by atoms with Gasteiger partial charge in [0.05, 0.1) is 17.3 Å². The zero-order chi connectivity index (χ0) is 20.6. The molecule has 0 saturated heterocycles. The number of hydrogen-bond acceptors (Lipinski definition) is 6. The van der Waals surface area contributed by atoms with Crippen molar-refractivity contribution in [3.8, 4) is 5.75 Å². The number of anilines is 1. The van der Waals surface area contributed by atoms with E-state index in [1.807, 2.05) is 0 Å². The summed E-state index contributed by atoms with van der Waals surface area (Å²) in [5.74, 6) is -1.48. The van der Waals surface area contributed by atoms with Gasteiger partial charge in [-0.05, 0) is 30.5 Å². The maximum absolute atomic E-state index is 13.1. The lowest BCUT2D eigenvalue weighted by atomic mass is 10.1. The van der Waals surface area contributed by atoms with Crippen LogP contribution in [0.1, 0.15) is 29.3 Å². The van der Waals surface area contributed by atoms with Crippen molar-refractivity contribution in [2.45, 2.75) is 31.7 Å². The van der Waals surface area contributed by atoms with Crippen LogP contribution < -0.4 is 15.8 Å². The topological polar surface area (TPSA) is 139 Å². The Bertz CT molecular complexity index is 955. The predicted octanol–water partition coefficient (Wildman–Crippen LogP) is 1.03. The number of rotatable bonds is 4. The van der Waals surface area contributed by atoms with Crippen LogP contribution in [0.15, 0.2) is 36.1 Å². The minimum atomic E-state index is -2.35. The average molecular weight is 405 g/mol.